The van der Waals surface area contributed by atoms with E-state index >= 15 is 0 Å². The third-order valence-electron chi connectivity index (χ3n) is 7.51. The molecule has 2 aromatic carbocycles. The van der Waals surface area contributed by atoms with Gasteiger partial charge in [0.25, 0.3) is 5.91 Å². The van der Waals surface area contributed by atoms with Crippen LogP contribution in [0.2, 0.25) is 0 Å². The van der Waals surface area contributed by atoms with Crippen molar-refractivity contribution in [2.24, 2.45) is 0 Å². The van der Waals surface area contributed by atoms with Crippen LogP contribution in [-0.2, 0) is 11.2 Å². The molecule has 1 aromatic heterocycles. The summed E-state index contributed by atoms with van der Waals surface area (Å²) in [6.07, 6.45) is 6.34. The molecule has 6 rings (SSSR count). The first-order chi connectivity index (χ1) is 16.1. The lowest BCUT2D eigenvalue weighted by molar-refractivity contribution is -0.130. The van der Waals surface area contributed by atoms with Crippen LogP contribution < -0.4 is 4.74 Å². The van der Waals surface area contributed by atoms with Crippen molar-refractivity contribution in [1.29, 1.82) is 0 Å². The van der Waals surface area contributed by atoms with Crippen LogP contribution in [0.5, 0.6) is 5.75 Å². The molecule has 0 unspecified atom stereocenters. The fourth-order valence-corrected chi connectivity index (χ4v) is 6.76. The first kappa shape index (κ1) is 21.2. The molecule has 170 valence electrons. The quantitative estimate of drug-likeness (QED) is 0.446. The zero-order valence-electron chi connectivity index (χ0n) is 18.5. The Morgan fingerprint density at radius 2 is 1.85 bits per heavy atom. The lowest BCUT2D eigenvalue weighted by Gasteiger charge is -2.38. The van der Waals surface area contributed by atoms with Crippen LogP contribution in [0.15, 0.2) is 46.9 Å². The summed E-state index contributed by atoms with van der Waals surface area (Å²) in [5, 5.41) is 1.86. The van der Waals surface area contributed by atoms with Gasteiger partial charge in [0, 0.05) is 33.5 Å². The Balaban J connectivity index is 1.50. The maximum atomic E-state index is 13.8. The van der Waals surface area contributed by atoms with E-state index in [1.807, 2.05) is 23.1 Å². The monoisotopic (exact) mass is 523 g/mol. The Kier molecular flexibility index (Phi) is 5.22. The predicted octanol–water partition coefficient (Wildman–Crippen LogP) is 5.71. The van der Waals surface area contributed by atoms with Gasteiger partial charge >= 0.3 is 0 Å². The van der Waals surface area contributed by atoms with Crippen LogP contribution in [0.3, 0.4) is 0 Å². The van der Waals surface area contributed by atoms with E-state index in [0.29, 0.717) is 11.5 Å². The van der Waals surface area contributed by atoms with E-state index in [1.54, 1.807) is 7.11 Å². The van der Waals surface area contributed by atoms with E-state index < -0.39 is 0 Å². The number of nitrogens with zero attached hydrogens (tertiary/aromatic N) is 2. The van der Waals surface area contributed by atoms with E-state index in [-0.39, 0.29) is 24.0 Å². The van der Waals surface area contributed by atoms with Gasteiger partial charge in [-0.2, -0.15) is 0 Å². The summed E-state index contributed by atoms with van der Waals surface area (Å²) in [6, 6.07) is 14.3. The number of nitrogens with one attached hydrogen (secondary N) is 1. The molecule has 0 radical (unpaired) electrons. The molecular weight excluding hydrogens is 498 g/mol. The maximum absolute atomic E-state index is 13.8. The molecule has 1 amide bonds. The number of carbonyl (C=O) groups is 1. The van der Waals surface area contributed by atoms with Crippen LogP contribution >= 0.6 is 28.1 Å². The van der Waals surface area contributed by atoms with E-state index in [0.717, 1.165) is 39.8 Å². The van der Waals surface area contributed by atoms with Gasteiger partial charge in [0.15, 0.2) is 5.11 Å². The molecule has 0 spiro atoms. The van der Waals surface area contributed by atoms with Gasteiger partial charge in [-0.15, -0.1) is 0 Å². The minimum Gasteiger partial charge on any atom is -0.497 e. The largest absolute Gasteiger partial charge is 0.497 e. The van der Waals surface area contributed by atoms with Crippen LogP contribution in [0, 0.1) is 0 Å². The normalized spacial score (nSPS) is 23.2. The van der Waals surface area contributed by atoms with Crippen LogP contribution in [-0.4, -0.2) is 45.0 Å². The van der Waals surface area contributed by atoms with Crippen molar-refractivity contribution in [3.05, 3.63) is 63.8 Å². The summed E-state index contributed by atoms with van der Waals surface area (Å²) < 4.78 is 6.43. The number of aromatic amines is 1. The van der Waals surface area contributed by atoms with E-state index in [1.165, 1.54) is 30.2 Å². The highest BCUT2D eigenvalue weighted by Crippen LogP contribution is 2.45. The van der Waals surface area contributed by atoms with E-state index in [9.17, 15) is 4.79 Å². The van der Waals surface area contributed by atoms with Crippen molar-refractivity contribution < 1.29 is 9.53 Å². The summed E-state index contributed by atoms with van der Waals surface area (Å²) >= 11 is 9.66. The minimum atomic E-state index is -0.267. The Hall–Kier alpha value is -2.38. The van der Waals surface area contributed by atoms with Gasteiger partial charge in [-0.1, -0.05) is 47.3 Å². The average Bonchev–Trinajstić information content (AvgIpc) is 3.32. The number of hydrogen-bond acceptors (Lipinski definition) is 3. The molecule has 1 N–H and O–H groups in total. The van der Waals surface area contributed by atoms with Crippen LogP contribution in [0.25, 0.3) is 10.9 Å². The van der Waals surface area contributed by atoms with Gasteiger partial charge in [-0.25, -0.2) is 0 Å². The standard InChI is InChI=1S/C26H26BrN3O2S/c1-32-18-10-7-15(8-11-18)24-23-20(19-13-16(27)9-12-21(19)28-23)14-22-25(31)29(26(33)30(22)24)17-5-3-2-4-6-17/h7-13,17,22,24,28H,2-6,14H2,1H3/t22-,24+/m1/s1. The number of rotatable bonds is 3. The molecule has 2 atom stereocenters. The molecule has 7 heteroatoms. The molecule has 1 saturated heterocycles. The molecule has 3 heterocycles. The Morgan fingerprint density at radius 1 is 1.09 bits per heavy atom. The van der Waals surface area contributed by atoms with Crippen molar-refractivity contribution in [2.75, 3.05) is 7.11 Å². The van der Waals surface area contributed by atoms with Gasteiger partial charge in [-0.3, -0.25) is 9.69 Å². The van der Waals surface area contributed by atoms with Gasteiger partial charge < -0.3 is 14.6 Å². The first-order valence-corrected chi connectivity index (χ1v) is 12.9. The summed E-state index contributed by atoms with van der Waals surface area (Å²) in [5.41, 5.74) is 4.54. The number of benzene rings is 2. The number of H-pyrrole nitrogens is 1. The van der Waals surface area contributed by atoms with Gasteiger partial charge in [-0.05, 0) is 66.5 Å². The zero-order chi connectivity index (χ0) is 22.7. The van der Waals surface area contributed by atoms with Crippen LogP contribution in [0.1, 0.15) is 55.0 Å². The number of hydrogen-bond donors (Lipinski definition) is 1. The average molecular weight is 524 g/mol. The number of thiocarbonyl (C=S) groups is 1. The molecular formula is C26H26BrN3O2S. The predicted molar refractivity (Wildman–Crippen MR) is 136 cm³/mol. The lowest BCUT2D eigenvalue weighted by Crippen LogP contribution is -2.44. The lowest BCUT2D eigenvalue weighted by atomic mass is 9.88. The van der Waals surface area contributed by atoms with Gasteiger partial charge in [0.2, 0.25) is 0 Å². The molecule has 3 aromatic rings. The molecule has 5 nitrogen and oxygen atoms in total. The highest BCUT2D eigenvalue weighted by atomic mass is 79.9. The number of amides is 1. The number of halogens is 1. The third kappa shape index (κ3) is 3.31. The Labute approximate surface area is 207 Å². The number of ether oxygens (including phenoxy) is 1. The maximum Gasteiger partial charge on any atom is 0.252 e. The fourth-order valence-electron chi connectivity index (χ4n) is 5.92. The number of fused-ring (bicyclic) bond motifs is 4. The SMILES string of the molecule is COc1ccc([C@H]2c3[nH]c4ccc(Br)cc4c3C[C@@H]3C(=O)N(C4CCCCC4)C(=S)N23)cc1. The Morgan fingerprint density at radius 3 is 2.58 bits per heavy atom. The third-order valence-corrected chi connectivity index (χ3v) is 8.41. The number of carbonyl (C=O) groups excluding carboxylic acids is 1. The summed E-state index contributed by atoms with van der Waals surface area (Å²) in [6.45, 7) is 0. The molecule has 3 aliphatic rings. The number of methoxy groups -OCH3 is 1. The second-order valence-corrected chi connectivity index (χ2v) is 10.6. The van der Waals surface area contributed by atoms with Crippen molar-refractivity contribution in [3.8, 4) is 5.75 Å². The number of aromatic nitrogens is 1. The molecule has 1 aliphatic carbocycles. The fraction of sp³-hybridized carbons (Fsp3) is 0.385. The molecule has 1 saturated carbocycles. The van der Waals surface area contributed by atoms with Crippen molar-refractivity contribution >= 4 is 50.1 Å². The zero-order valence-corrected chi connectivity index (χ0v) is 20.9. The molecule has 33 heavy (non-hydrogen) atoms. The highest BCUT2D eigenvalue weighted by Gasteiger charge is 2.52. The Bertz CT molecular complexity index is 1250. The topological polar surface area (TPSA) is 48.6 Å². The van der Waals surface area contributed by atoms with Gasteiger partial charge in [0.05, 0.1) is 13.2 Å². The summed E-state index contributed by atoms with van der Waals surface area (Å²) in [7, 11) is 1.68. The smallest absolute Gasteiger partial charge is 0.252 e. The first-order valence-electron chi connectivity index (χ1n) is 11.7. The van der Waals surface area contributed by atoms with E-state index in [4.69, 9.17) is 17.0 Å². The highest BCUT2D eigenvalue weighted by molar-refractivity contribution is 9.10. The summed E-state index contributed by atoms with van der Waals surface area (Å²) in [4.78, 5) is 21.7. The summed E-state index contributed by atoms with van der Waals surface area (Å²) in [5.74, 6) is 0.983. The van der Waals surface area contributed by atoms with Gasteiger partial charge in [0.1, 0.15) is 11.8 Å². The second-order valence-electron chi connectivity index (χ2n) is 9.29. The minimum absolute atomic E-state index is 0.138. The van der Waals surface area contributed by atoms with E-state index in [2.05, 4.69) is 50.1 Å². The van der Waals surface area contributed by atoms with Crippen molar-refractivity contribution in [1.82, 2.24) is 14.8 Å². The molecule has 2 fully saturated rings. The molecule has 0 bridgehead atoms. The van der Waals surface area contributed by atoms with Crippen LogP contribution in [0.4, 0.5) is 0 Å². The second kappa shape index (κ2) is 8.13. The van der Waals surface area contributed by atoms with Crippen molar-refractivity contribution in [3.63, 3.8) is 0 Å². The van der Waals surface area contributed by atoms with Crippen molar-refractivity contribution in [2.45, 2.75) is 56.7 Å². The molecule has 2 aliphatic heterocycles.